The molecule has 1 aromatic heterocycles. The minimum absolute atomic E-state index is 0.267. The molecule has 0 amide bonds. The van der Waals surface area contributed by atoms with Gasteiger partial charge in [0, 0.05) is 4.88 Å². The van der Waals surface area contributed by atoms with Crippen LogP contribution in [0, 0.1) is 6.92 Å². The number of rotatable bonds is 2. The van der Waals surface area contributed by atoms with Crippen LogP contribution in [-0.2, 0) is 0 Å². The fourth-order valence-electron chi connectivity index (χ4n) is 1.48. The Hall–Kier alpha value is 0.270. The van der Waals surface area contributed by atoms with Gasteiger partial charge >= 0.3 is 0 Å². The van der Waals surface area contributed by atoms with Gasteiger partial charge in [0.05, 0.1) is 19.2 Å². The van der Waals surface area contributed by atoms with Crippen molar-refractivity contribution in [3.05, 3.63) is 54.1 Å². The van der Waals surface area contributed by atoms with E-state index < -0.39 is 0 Å². The zero-order chi connectivity index (χ0) is 12.6. The standard InChI is InChI=1S/C12H8BrCl3S/c1-6-5-9(17-12(6)13)11(16)7-3-2-4-8(14)10(7)15/h2-5,11H,1H3. The average Bonchev–Trinajstić information content (AvgIpc) is 2.62. The molecule has 90 valence electrons. The summed E-state index contributed by atoms with van der Waals surface area (Å²) >= 11 is 23.7. The third-order valence-corrected chi connectivity index (χ3v) is 6.02. The lowest BCUT2D eigenvalue weighted by atomic mass is 10.1. The molecular weight excluding hydrogens is 362 g/mol. The van der Waals surface area contributed by atoms with E-state index in [0.29, 0.717) is 10.0 Å². The number of hydrogen-bond donors (Lipinski definition) is 0. The van der Waals surface area contributed by atoms with E-state index in [2.05, 4.69) is 22.0 Å². The number of hydrogen-bond acceptors (Lipinski definition) is 1. The van der Waals surface area contributed by atoms with Gasteiger partial charge in [-0.25, -0.2) is 0 Å². The van der Waals surface area contributed by atoms with Crippen LogP contribution in [0.2, 0.25) is 10.0 Å². The van der Waals surface area contributed by atoms with Crippen molar-refractivity contribution in [2.24, 2.45) is 0 Å². The summed E-state index contributed by atoms with van der Waals surface area (Å²) in [6.45, 7) is 2.03. The van der Waals surface area contributed by atoms with Gasteiger partial charge in [-0.3, -0.25) is 0 Å². The van der Waals surface area contributed by atoms with E-state index >= 15 is 0 Å². The quantitative estimate of drug-likeness (QED) is 0.533. The Morgan fingerprint density at radius 1 is 1.29 bits per heavy atom. The highest BCUT2D eigenvalue weighted by atomic mass is 79.9. The fraction of sp³-hybridized carbons (Fsp3) is 0.167. The predicted octanol–water partition coefficient (Wildman–Crippen LogP) is 6.45. The van der Waals surface area contributed by atoms with Crippen LogP contribution < -0.4 is 0 Å². The van der Waals surface area contributed by atoms with E-state index in [9.17, 15) is 0 Å². The van der Waals surface area contributed by atoms with Crippen molar-refractivity contribution in [1.29, 1.82) is 0 Å². The van der Waals surface area contributed by atoms with E-state index in [1.165, 1.54) is 5.56 Å². The smallest absolute Gasteiger partial charge is 0.0943 e. The van der Waals surface area contributed by atoms with Gasteiger partial charge in [0.15, 0.2) is 0 Å². The van der Waals surface area contributed by atoms with Gasteiger partial charge in [-0.05, 0) is 46.1 Å². The van der Waals surface area contributed by atoms with Gasteiger partial charge in [0.2, 0.25) is 0 Å². The van der Waals surface area contributed by atoms with E-state index in [1.807, 2.05) is 19.1 Å². The lowest BCUT2D eigenvalue weighted by molar-refractivity contribution is 1.18. The lowest BCUT2D eigenvalue weighted by Gasteiger charge is -2.10. The molecular formula is C12H8BrCl3S. The first-order chi connectivity index (χ1) is 8.00. The van der Waals surface area contributed by atoms with E-state index in [0.717, 1.165) is 14.2 Å². The number of benzene rings is 1. The maximum Gasteiger partial charge on any atom is 0.0943 e. The third kappa shape index (κ3) is 2.82. The third-order valence-electron chi connectivity index (χ3n) is 2.38. The lowest BCUT2D eigenvalue weighted by Crippen LogP contribution is -1.91. The van der Waals surface area contributed by atoms with Crippen LogP contribution in [0.4, 0.5) is 0 Å². The Morgan fingerprint density at radius 2 is 2.00 bits per heavy atom. The zero-order valence-corrected chi connectivity index (χ0v) is 13.5. The molecule has 0 saturated carbocycles. The van der Waals surface area contributed by atoms with Gasteiger partial charge < -0.3 is 0 Å². The molecule has 17 heavy (non-hydrogen) atoms. The molecule has 0 bridgehead atoms. The van der Waals surface area contributed by atoms with Crippen molar-refractivity contribution in [3.63, 3.8) is 0 Å². The molecule has 0 aliphatic carbocycles. The molecule has 0 N–H and O–H groups in total. The van der Waals surface area contributed by atoms with Crippen molar-refractivity contribution < 1.29 is 0 Å². The molecule has 0 spiro atoms. The van der Waals surface area contributed by atoms with Crippen molar-refractivity contribution >= 4 is 62.1 Å². The van der Waals surface area contributed by atoms with Gasteiger partial charge in [-0.1, -0.05) is 35.3 Å². The van der Waals surface area contributed by atoms with E-state index in [1.54, 1.807) is 17.4 Å². The number of thiophene rings is 1. The van der Waals surface area contributed by atoms with Crippen LogP contribution in [0.15, 0.2) is 28.1 Å². The van der Waals surface area contributed by atoms with Crippen molar-refractivity contribution in [1.82, 2.24) is 0 Å². The predicted molar refractivity (Wildman–Crippen MR) is 80.9 cm³/mol. The minimum Gasteiger partial charge on any atom is -0.131 e. The number of aryl methyl sites for hydroxylation is 1. The average molecular weight is 371 g/mol. The second-order valence-corrected chi connectivity index (χ2v) is 7.23. The molecule has 5 heteroatoms. The summed E-state index contributed by atoms with van der Waals surface area (Å²) in [6.07, 6.45) is 0. The molecule has 0 aliphatic rings. The van der Waals surface area contributed by atoms with Crippen LogP contribution >= 0.6 is 62.1 Å². The monoisotopic (exact) mass is 368 g/mol. The zero-order valence-electron chi connectivity index (χ0n) is 8.81. The molecule has 0 nitrogen and oxygen atoms in total. The summed E-state index contributed by atoms with van der Waals surface area (Å²) in [5.74, 6) is 0. The largest absolute Gasteiger partial charge is 0.131 e. The highest BCUT2D eigenvalue weighted by Gasteiger charge is 2.18. The number of halogens is 4. The Labute approximate surface area is 128 Å². The molecule has 1 atom stereocenters. The van der Waals surface area contributed by atoms with E-state index in [4.69, 9.17) is 34.8 Å². The first-order valence-electron chi connectivity index (χ1n) is 4.84. The van der Waals surface area contributed by atoms with Crippen LogP contribution in [0.25, 0.3) is 0 Å². The van der Waals surface area contributed by atoms with Gasteiger partial charge in [-0.15, -0.1) is 22.9 Å². The van der Waals surface area contributed by atoms with E-state index in [-0.39, 0.29) is 5.38 Å². The Kier molecular flexibility index (Phi) is 4.43. The molecule has 0 aliphatic heterocycles. The summed E-state index contributed by atoms with van der Waals surface area (Å²) in [5.41, 5.74) is 2.02. The van der Waals surface area contributed by atoms with Crippen LogP contribution in [0.5, 0.6) is 0 Å². The minimum atomic E-state index is -0.267. The van der Waals surface area contributed by atoms with Gasteiger partial charge in [-0.2, -0.15) is 0 Å². The molecule has 1 aromatic carbocycles. The molecule has 2 rings (SSSR count). The molecule has 0 radical (unpaired) electrons. The highest BCUT2D eigenvalue weighted by molar-refractivity contribution is 9.11. The van der Waals surface area contributed by atoms with Gasteiger partial charge in [0.25, 0.3) is 0 Å². The Morgan fingerprint density at radius 3 is 2.59 bits per heavy atom. The fourth-order valence-corrected chi connectivity index (χ4v) is 3.90. The van der Waals surface area contributed by atoms with Gasteiger partial charge in [0.1, 0.15) is 0 Å². The molecule has 0 saturated heterocycles. The summed E-state index contributed by atoms with van der Waals surface area (Å²) in [5, 5.41) is 0.787. The topological polar surface area (TPSA) is 0 Å². The van der Waals surface area contributed by atoms with Crippen LogP contribution in [0.1, 0.15) is 21.4 Å². The molecule has 1 unspecified atom stereocenters. The van der Waals surface area contributed by atoms with Crippen molar-refractivity contribution in [2.45, 2.75) is 12.3 Å². The molecule has 2 aromatic rings. The van der Waals surface area contributed by atoms with Crippen molar-refractivity contribution in [3.8, 4) is 0 Å². The second kappa shape index (κ2) is 5.50. The summed E-state index contributed by atoms with van der Waals surface area (Å²) in [7, 11) is 0. The Bertz CT molecular complexity index is 531. The first kappa shape index (κ1) is 13.7. The number of alkyl halides is 1. The van der Waals surface area contributed by atoms with Crippen LogP contribution in [0.3, 0.4) is 0 Å². The SMILES string of the molecule is Cc1cc(C(Cl)c2cccc(Cl)c2Cl)sc1Br. The summed E-state index contributed by atoms with van der Waals surface area (Å²) in [4.78, 5) is 1.06. The maximum absolute atomic E-state index is 6.44. The van der Waals surface area contributed by atoms with Crippen LogP contribution in [-0.4, -0.2) is 0 Å². The normalized spacial score (nSPS) is 12.8. The molecule has 0 fully saturated rings. The Balaban J connectivity index is 2.43. The highest BCUT2D eigenvalue weighted by Crippen LogP contribution is 2.41. The summed E-state index contributed by atoms with van der Waals surface area (Å²) < 4.78 is 1.09. The molecule has 1 heterocycles. The first-order valence-corrected chi connectivity index (χ1v) is 7.64. The van der Waals surface area contributed by atoms with Crippen molar-refractivity contribution in [2.75, 3.05) is 0 Å². The second-order valence-electron chi connectivity index (χ2n) is 3.61. The summed E-state index contributed by atoms with van der Waals surface area (Å²) in [6, 6.07) is 7.57. The maximum atomic E-state index is 6.44.